The van der Waals surface area contributed by atoms with Crippen LogP contribution in [0.2, 0.25) is 0 Å². The number of halogens is 5. The molecule has 0 heterocycles. The van der Waals surface area contributed by atoms with Crippen molar-refractivity contribution in [2.24, 2.45) is 17.3 Å². The molecule has 3 aliphatic carbocycles. The molecule has 244 valence electrons. The van der Waals surface area contributed by atoms with Crippen molar-refractivity contribution in [3.8, 4) is 11.5 Å². The van der Waals surface area contributed by atoms with Crippen molar-refractivity contribution in [2.45, 2.75) is 101 Å². The van der Waals surface area contributed by atoms with Crippen LogP contribution in [0.4, 0.5) is 22.0 Å². The third-order valence-corrected chi connectivity index (χ3v) is 12.0. The Morgan fingerprint density at radius 2 is 1.68 bits per heavy atom. The molecule has 0 aliphatic heterocycles. The summed E-state index contributed by atoms with van der Waals surface area (Å²) in [5.74, 6) is -2.73. The van der Waals surface area contributed by atoms with Gasteiger partial charge in [0.1, 0.15) is 23.0 Å². The summed E-state index contributed by atoms with van der Waals surface area (Å²) < 4.78 is 80.5. The summed E-state index contributed by atoms with van der Waals surface area (Å²) in [5, 5.41) is 21.2. The van der Waals surface area contributed by atoms with E-state index in [-0.39, 0.29) is 23.2 Å². The fraction of sp³-hybridized carbons (Fsp3) is 0.647. The minimum absolute atomic E-state index is 0.113. The zero-order valence-electron chi connectivity index (χ0n) is 25.1. The van der Waals surface area contributed by atoms with Crippen LogP contribution < -0.4 is 4.74 Å². The van der Waals surface area contributed by atoms with E-state index in [0.717, 1.165) is 50.7 Å². The van der Waals surface area contributed by atoms with Crippen LogP contribution in [0.5, 0.6) is 11.5 Å². The minimum atomic E-state index is -5.61. The lowest BCUT2D eigenvalue weighted by Crippen LogP contribution is -2.47. The summed E-state index contributed by atoms with van der Waals surface area (Å²) in [6.45, 7) is 2.75. The van der Waals surface area contributed by atoms with Crippen LogP contribution in [0.25, 0.3) is 0 Å². The molecule has 0 bridgehead atoms. The number of aryl methyl sites for hydroxylation is 1. The van der Waals surface area contributed by atoms with E-state index in [4.69, 9.17) is 4.74 Å². The standard InChI is InChI=1S/C34H43F5O4S/c1-32-21-28(31-26-13-9-24(40)20-23(26)8-12-27(31)29(32)14-15-30(32)41)22-6-10-25(11-7-22)43-17-4-2-3-5-18-44(42)19-16-33(35,36)34(37,38)39/h6-7,9-11,13,20,27-31,40-41H,2-5,8,12,14-19,21H2,1H3/t27-,28+,29-,30-,31+,32-,44?/m0/s1. The molecule has 1 unspecified atom stereocenters. The van der Waals surface area contributed by atoms with Gasteiger partial charge in [0.15, 0.2) is 0 Å². The lowest BCUT2D eigenvalue weighted by atomic mass is 9.51. The van der Waals surface area contributed by atoms with Crippen molar-refractivity contribution in [1.29, 1.82) is 0 Å². The molecule has 2 saturated carbocycles. The molecule has 0 saturated heterocycles. The lowest BCUT2D eigenvalue weighted by Gasteiger charge is -2.54. The Kier molecular flexibility index (Phi) is 10.1. The SMILES string of the molecule is C[C@]12C[C@H](c3ccc(OCCCCCC[S+]([O-])CCC(F)(F)C(F)(F)F)cc3)[C@@H]3c4ccc(O)cc4CC[C@H]3[C@@H]1CC[C@@H]2O. The fourth-order valence-corrected chi connectivity index (χ4v) is 9.41. The topological polar surface area (TPSA) is 72.8 Å². The zero-order chi connectivity index (χ0) is 31.7. The van der Waals surface area contributed by atoms with Crippen molar-refractivity contribution >= 4 is 11.2 Å². The van der Waals surface area contributed by atoms with Gasteiger partial charge in [-0.15, -0.1) is 0 Å². The largest absolute Gasteiger partial charge is 0.616 e. The van der Waals surface area contributed by atoms with Gasteiger partial charge in [0.05, 0.1) is 19.1 Å². The third-order valence-electron chi connectivity index (χ3n) is 10.6. The number of phenolic OH excluding ortho intramolecular Hbond substituents is 1. The fourth-order valence-electron chi connectivity index (χ4n) is 8.20. The van der Waals surface area contributed by atoms with Crippen LogP contribution in [-0.4, -0.2) is 51.1 Å². The number of benzene rings is 2. The van der Waals surface area contributed by atoms with Crippen molar-refractivity contribution in [3.63, 3.8) is 0 Å². The smallest absolute Gasteiger partial charge is 0.453 e. The molecule has 7 atom stereocenters. The van der Waals surface area contributed by atoms with Crippen LogP contribution in [-0.2, 0) is 17.6 Å². The second kappa shape index (κ2) is 13.4. The van der Waals surface area contributed by atoms with E-state index < -0.39 is 35.4 Å². The Morgan fingerprint density at radius 3 is 2.41 bits per heavy atom. The highest BCUT2D eigenvalue weighted by molar-refractivity contribution is 7.91. The van der Waals surface area contributed by atoms with Gasteiger partial charge in [0, 0.05) is 0 Å². The number of hydrogen-bond donors (Lipinski definition) is 2. The molecule has 44 heavy (non-hydrogen) atoms. The van der Waals surface area contributed by atoms with E-state index in [1.807, 2.05) is 18.2 Å². The van der Waals surface area contributed by atoms with Gasteiger partial charge in [-0.25, -0.2) is 0 Å². The number of aliphatic hydroxyl groups excluding tert-OH is 1. The molecule has 0 amide bonds. The van der Waals surface area contributed by atoms with Gasteiger partial charge in [-0.05, 0) is 128 Å². The first-order chi connectivity index (χ1) is 20.8. The highest BCUT2D eigenvalue weighted by Gasteiger charge is 2.58. The van der Waals surface area contributed by atoms with E-state index in [2.05, 4.69) is 25.1 Å². The van der Waals surface area contributed by atoms with Gasteiger partial charge in [-0.2, -0.15) is 22.0 Å². The number of rotatable bonds is 12. The molecule has 4 nitrogen and oxygen atoms in total. The quantitative estimate of drug-likeness (QED) is 0.139. The van der Waals surface area contributed by atoms with Crippen LogP contribution in [0.3, 0.4) is 0 Å². The summed E-state index contributed by atoms with van der Waals surface area (Å²) in [5.41, 5.74) is 3.67. The maximum atomic E-state index is 13.0. The number of phenols is 1. The first kappa shape index (κ1) is 33.3. The van der Waals surface area contributed by atoms with Gasteiger partial charge >= 0.3 is 12.1 Å². The Labute approximate surface area is 259 Å². The molecular formula is C34H43F5O4S. The molecule has 2 fully saturated rings. The summed E-state index contributed by atoms with van der Waals surface area (Å²) in [7, 11) is 0. The average Bonchev–Trinajstić information content (AvgIpc) is 3.28. The van der Waals surface area contributed by atoms with Crippen molar-refractivity contribution < 1.29 is 41.5 Å². The zero-order valence-corrected chi connectivity index (χ0v) is 25.9. The number of fused-ring (bicyclic) bond motifs is 5. The molecule has 0 aromatic heterocycles. The molecular weight excluding hydrogens is 599 g/mol. The molecule has 0 radical (unpaired) electrons. The number of alkyl halides is 5. The first-order valence-corrected chi connectivity index (χ1v) is 17.3. The molecule has 2 N–H and O–H groups in total. The third kappa shape index (κ3) is 7.02. The van der Waals surface area contributed by atoms with Crippen molar-refractivity contribution in [3.05, 3.63) is 59.2 Å². The van der Waals surface area contributed by atoms with Crippen LogP contribution in [0.15, 0.2) is 42.5 Å². The van der Waals surface area contributed by atoms with Crippen LogP contribution >= 0.6 is 0 Å². The average molecular weight is 643 g/mol. The minimum Gasteiger partial charge on any atom is -0.616 e. The molecule has 5 rings (SSSR count). The van der Waals surface area contributed by atoms with Gasteiger partial charge in [-0.3, -0.25) is 0 Å². The highest BCUT2D eigenvalue weighted by atomic mass is 32.2. The van der Waals surface area contributed by atoms with E-state index in [1.165, 1.54) is 16.7 Å². The maximum Gasteiger partial charge on any atom is 0.453 e. The Balaban J connectivity index is 1.12. The predicted molar refractivity (Wildman–Crippen MR) is 161 cm³/mol. The Hall–Kier alpha value is -2.04. The lowest BCUT2D eigenvalue weighted by molar-refractivity contribution is -0.282. The number of aromatic hydroxyl groups is 1. The van der Waals surface area contributed by atoms with Gasteiger partial charge in [-0.1, -0.05) is 36.3 Å². The van der Waals surface area contributed by atoms with Crippen LogP contribution in [0.1, 0.15) is 93.2 Å². The van der Waals surface area contributed by atoms with Crippen molar-refractivity contribution in [2.75, 3.05) is 18.1 Å². The van der Waals surface area contributed by atoms with Crippen LogP contribution in [0, 0.1) is 17.3 Å². The summed E-state index contributed by atoms with van der Waals surface area (Å²) in [6, 6.07) is 14.1. The number of hydrogen-bond acceptors (Lipinski definition) is 4. The highest BCUT2D eigenvalue weighted by Crippen LogP contribution is 2.65. The molecule has 2 aromatic carbocycles. The molecule has 2 aromatic rings. The molecule has 10 heteroatoms. The van der Waals surface area contributed by atoms with E-state index in [9.17, 15) is 36.7 Å². The summed E-state index contributed by atoms with van der Waals surface area (Å²) in [6.07, 6.45) is 0.205. The Morgan fingerprint density at radius 1 is 0.955 bits per heavy atom. The monoisotopic (exact) mass is 642 g/mol. The maximum absolute atomic E-state index is 13.0. The van der Waals surface area contributed by atoms with E-state index in [1.54, 1.807) is 6.07 Å². The first-order valence-electron chi connectivity index (χ1n) is 15.8. The number of unbranched alkanes of at least 4 members (excludes halogenated alkanes) is 3. The predicted octanol–water partition coefficient (Wildman–Crippen LogP) is 8.28. The normalized spacial score (nSPS) is 29.0. The summed E-state index contributed by atoms with van der Waals surface area (Å²) >= 11 is -1.70. The Bertz CT molecular complexity index is 1260. The van der Waals surface area contributed by atoms with E-state index >= 15 is 0 Å². The number of ether oxygens (including phenoxy) is 1. The van der Waals surface area contributed by atoms with E-state index in [0.29, 0.717) is 43.0 Å². The second-order valence-electron chi connectivity index (χ2n) is 13.3. The summed E-state index contributed by atoms with van der Waals surface area (Å²) in [4.78, 5) is 0. The molecule has 3 aliphatic rings. The van der Waals surface area contributed by atoms with Gasteiger partial charge in [0.2, 0.25) is 0 Å². The second-order valence-corrected chi connectivity index (χ2v) is 15.0. The van der Waals surface area contributed by atoms with Crippen molar-refractivity contribution in [1.82, 2.24) is 0 Å². The number of aliphatic hydroxyl groups is 1. The van der Waals surface area contributed by atoms with Gasteiger partial charge in [0.25, 0.3) is 0 Å². The van der Waals surface area contributed by atoms with Gasteiger partial charge < -0.3 is 19.5 Å². The molecule has 0 spiro atoms.